The van der Waals surface area contributed by atoms with Gasteiger partial charge in [0.25, 0.3) is 11.5 Å². The van der Waals surface area contributed by atoms with Crippen molar-refractivity contribution in [1.82, 2.24) is 14.5 Å². The third-order valence-corrected chi connectivity index (χ3v) is 6.22. The Hall–Kier alpha value is -3.53. The molecule has 1 fully saturated rings. The van der Waals surface area contributed by atoms with E-state index in [0.717, 1.165) is 0 Å². The van der Waals surface area contributed by atoms with Crippen molar-refractivity contribution in [2.24, 2.45) is 0 Å². The molecule has 0 radical (unpaired) electrons. The number of aromatic nitrogens is 3. The van der Waals surface area contributed by atoms with Crippen LogP contribution in [0, 0.1) is 5.82 Å². The van der Waals surface area contributed by atoms with Gasteiger partial charge in [0, 0.05) is 31.0 Å². The van der Waals surface area contributed by atoms with Gasteiger partial charge in [-0.1, -0.05) is 20.8 Å². The number of anilines is 2. The highest BCUT2D eigenvalue weighted by molar-refractivity contribution is 6.11. The maximum Gasteiger partial charge on any atom is 0.329 e. The smallest absolute Gasteiger partial charge is 0.329 e. The molecule has 0 aliphatic carbocycles. The topological polar surface area (TPSA) is 109 Å². The highest BCUT2D eigenvalue weighted by Gasteiger charge is 2.25. The van der Waals surface area contributed by atoms with Crippen LogP contribution in [0.5, 0.6) is 0 Å². The van der Waals surface area contributed by atoms with E-state index in [1.165, 1.54) is 10.6 Å². The molecule has 1 aliphatic heterocycles. The van der Waals surface area contributed by atoms with Gasteiger partial charge < -0.3 is 15.0 Å². The summed E-state index contributed by atoms with van der Waals surface area (Å²) in [5.74, 6) is -1.11. The number of nitrogens with zero attached hydrogens (tertiary/aromatic N) is 3. The van der Waals surface area contributed by atoms with Crippen LogP contribution in [0.25, 0.3) is 11.0 Å². The molecule has 3 aromatic rings. The fourth-order valence-corrected chi connectivity index (χ4v) is 4.61. The molecule has 0 spiro atoms. The van der Waals surface area contributed by atoms with Gasteiger partial charge in [-0.05, 0) is 50.5 Å². The molecule has 4 rings (SSSR count). The fraction of sp³-hybridized carbons (Fsp3) is 0.462. The predicted molar refractivity (Wildman–Crippen MR) is 138 cm³/mol. The number of carbonyl (C=O) groups excluding carboxylic acids is 1. The molecule has 1 saturated heterocycles. The lowest BCUT2D eigenvalue weighted by molar-refractivity contribution is -0.00539. The summed E-state index contributed by atoms with van der Waals surface area (Å²) in [5, 5.41) is 2.73. The number of halogens is 1. The van der Waals surface area contributed by atoms with Crippen molar-refractivity contribution >= 4 is 28.3 Å². The maximum atomic E-state index is 15.1. The van der Waals surface area contributed by atoms with E-state index >= 15 is 4.39 Å². The molecule has 9 nitrogen and oxygen atoms in total. The van der Waals surface area contributed by atoms with Gasteiger partial charge in [-0.15, -0.1) is 0 Å². The van der Waals surface area contributed by atoms with Crippen molar-refractivity contribution in [3.05, 3.63) is 62.2 Å². The number of carbonyl (C=O) groups is 1. The highest BCUT2D eigenvalue weighted by Crippen LogP contribution is 2.27. The zero-order valence-electron chi connectivity index (χ0n) is 21.2. The Labute approximate surface area is 208 Å². The number of fused-ring (bicyclic) bond motifs is 1. The molecule has 3 heterocycles. The lowest BCUT2D eigenvalue weighted by Crippen LogP contribution is -2.45. The van der Waals surface area contributed by atoms with E-state index in [1.54, 1.807) is 18.2 Å². The first-order valence-corrected chi connectivity index (χ1v) is 12.3. The zero-order chi connectivity index (χ0) is 26.1. The second-order valence-corrected chi connectivity index (χ2v) is 9.64. The molecule has 192 valence electrons. The summed E-state index contributed by atoms with van der Waals surface area (Å²) in [5.41, 5.74) is 0.246. The number of pyridine rings is 1. The normalized spacial score (nSPS) is 18.1. The van der Waals surface area contributed by atoms with Crippen LogP contribution >= 0.6 is 0 Å². The van der Waals surface area contributed by atoms with E-state index in [1.807, 2.05) is 39.5 Å². The molecule has 2 aromatic heterocycles. The average molecular weight is 498 g/mol. The Morgan fingerprint density at radius 3 is 2.53 bits per heavy atom. The van der Waals surface area contributed by atoms with Crippen molar-refractivity contribution in [2.75, 3.05) is 23.3 Å². The van der Waals surface area contributed by atoms with Crippen molar-refractivity contribution < 1.29 is 13.9 Å². The first kappa shape index (κ1) is 25.6. The zero-order valence-corrected chi connectivity index (χ0v) is 21.2. The van der Waals surface area contributed by atoms with Gasteiger partial charge in [0.15, 0.2) is 5.65 Å². The number of H-pyrrole nitrogens is 1. The summed E-state index contributed by atoms with van der Waals surface area (Å²) in [6.45, 7) is 11.1. The number of hydrogen-bond donors (Lipinski definition) is 2. The van der Waals surface area contributed by atoms with Gasteiger partial charge >= 0.3 is 5.69 Å². The molecular formula is C26H32FN5O4. The third-order valence-electron chi connectivity index (χ3n) is 6.22. The quantitative estimate of drug-likeness (QED) is 0.538. The van der Waals surface area contributed by atoms with Crippen LogP contribution in [0.1, 0.15) is 63.0 Å². The van der Waals surface area contributed by atoms with Crippen LogP contribution < -0.4 is 21.5 Å². The molecular weight excluding hydrogens is 465 g/mol. The van der Waals surface area contributed by atoms with E-state index in [4.69, 9.17) is 4.74 Å². The number of morpholine rings is 1. The monoisotopic (exact) mass is 497 g/mol. The highest BCUT2D eigenvalue weighted by atomic mass is 19.1. The summed E-state index contributed by atoms with van der Waals surface area (Å²) in [4.78, 5) is 47.4. The lowest BCUT2D eigenvalue weighted by atomic mass is 10.0. The number of hydrogen-bond acceptors (Lipinski definition) is 6. The van der Waals surface area contributed by atoms with Gasteiger partial charge in [-0.3, -0.25) is 19.1 Å². The van der Waals surface area contributed by atoms with Crippen molar-refractivity contribution in [1.29, 1.82) is 0 Å². The van der Waals surface area contributed by atoms with Crippen LogP contribution in [-0.2, 0) is 11.3 Å². The average Bonchev–Trinajstić information content (AvgIpc) is 2.80. The van der Waals surface area contributed by atoms with Crippen molar-refractivity contribution in [3.8, 4) is 0 Å². The molecule has 0 bridgehead atoms. The number of nitrogens with one attached hydrogen (secondary N) is 2. The second kappa shape index (κ2) is 10.2. The van der Waals surface area contributed by atoms with E-state index in [-0.39, 0.29) is 40.4 Å². The van der Waals surface area contributed by atoms with Crippen LogP contribution in [0.3, 0.4) is 0 Å². The van der Waals surface area contributed by atoms with Gasteiger partial charge in [-0.25, -0.2) is 14.2 Å². The minimum atomic E-state index is -0.688. The van der Waals surface area contributed by atoms with Crippen LogP contribution in [0.15, 0.2) is 33.9 Å². The number of benzene rings is 1. The van der Waals surface area contributed by atoms with Crippen molar-refractivity contribution in [2.45, 2.75) is 65.7 Å². The SMILES string of the molecule is CCCn1c(=O)[nH]c(=O)c2c(C(=O)Nc3ccc(N4CC(C)OC(C)C4)c(F)c3)cc(C(C)C)nc21. The lowest BCUT2D eigenvalue weighted by Gasteiger charge is -2.37. The van der Waals surface area contributed by atoms with E-state index in [0.29, 0.717) is 37.4 Å². The fourth-order valence-electron chi connectivity index (χ4n) is 4.61. The third kappa shape index (κ3) is 5.04. The van der Waals surface area contributed by atoms with E-state index < -0.39 is 23.0 Å². The summed E-state index contributed by atoms with van der Waals surface area (Å²) in [7, 11) is 0. The molecule has 2 unspecified atom stereocenters. The summed E-state index contributed by atoms with van der Waals surface area (Å²) in [6, 6.07) is 6.08. The van der Waals surface area contributed by atoms with E-state index in [9.17, 15) is 14.4 Å². The predicted octanol–water partition coefficient (Wildman–Crippen LogP) is 3.62. The molecule has 1 aromatic carbocycles. The Balaban J connectivity index is 1.72. The minimum Gasteiger partial charge on any atom is -0.372 e. The number of aryl methyl sites for hydroxylation is 1. The minimum absolute atomic E-state index is 0.0224. The van der Waals surface area contributed by atoms with Gasteiger partial charge in [0.1, 0.15) is 5.82 Å². The molecule has 36 heavy (non-hydrogen) atoms. The van der Waals surface area contributed by atoms with Crippen LogP contribution in [0.4, 0.5) is 15.8 Å². The van der Waals surface area contributed by atoms with Gasteiger partial charge in [0.2, 0.25) is 0 Å². The molecule has 1 amide bonds. The molecule has 2 atom stereocenters. The number of rotatable bonds is 6. The van der Waals surface area contributed by atoms with Gasteiger partial charge in [0.05, 0.1) is 28.8 Å². The Kier molecular flexibility index (Phi) is 7.26. The second-order valence-electron chi connectivity index (χ2n) is 9.64. The Morgan fingerprint density at radius 2 is 1.92 bits per heavy atom. The van der Waals surface area contributed by atoms with Crippen molar-refractivity contribution in [3.63, 3.8) is 0 Å². The largest absolute Gasteiger partial charge is 0.372 e. The Morgan fingerprint density at radius 1 is 1.22 bits per heavy atom. The maximum absolute atomic E-state index is 15.1. The molecule has 1 aliphatic rings. The summed E-state index contributed by atoms with van der Waals surface area (Å²) < 4.78 is 22.2. The summed E-state index contributed by atoms with van der Waals surface area (Å²) >= 11 is 0. The number of ether oxygens (including phenoxy) is 1. The van der Waals surface area contributed by atoms with Gasteiger partial charge in [-0.2, -0.15) is 0 Å². The summed E-state index contributed by atoms with van der Waals surface area (Å²) in [6.07, 6.45) is 0.597. The van der Waals surface area contributed by atoms with Crippen LogP contribution in [-0.4, -0.2) is 45.7 Å². The molecule has 10 heteroatoms. The Bertz CT molecular complexity index is 1400. The first-order chi connectivity index (χ1) is 17.1. The number of amides is 1. The standard InChI is InChI=1S/C26H32FN5O4/c1-6-9-32-23-22(25(34)30-26(32)35)18(11-20(29-23)14(2)3)24(33)28-17-7-8-21(19(27)10-17)31-12-15(4)36-16(5)13-31/h7-8,10-11,14-16H,6,9,12-13H2,1-5H3,(H,28,33)(H,30,34,35). The molecule has 2 N–H and O–H groups in total. The number of aromatic amines is 1. The van der Waals surface area contributed by atoms with E-state index in [2.05, 4.69) is 15.3 Å². The molecule has 0 saturated carbocycles. The van der Waals surface area contributed by atoms with Crippen LogP contribution in [0.2, 0.25) is 0 Å². The first-order valence-electron chi connectivity index (χ1n) is 12.3.